The van der Waals surface area contributed by atoms with Crippen molar-refractivity contribution in [2.24, 2.45) is 11.5 Å². The summed E-state index contributed by atoms with van der Waals surface area (Å²) in [5, 5.41) is 0. The van der Waals surface area contributed by atoms with E-state index < -0.39 is 68.6 Å². The molecule has 1 rings (SSSR count). The summed E-state index contributed by atoms with van der Waals surface area (Å²) in [5.41, 5.74) is 9.31. The Bertz CT molecular complexity index is 452. The van der Waals surface area contributed by atoms with Gasteiger partial charge in [-0.2, -0.15) is 26.3 Å². The lowest BCUT2D eigenvalue weighted by Crippen LogP contribution is -2.58. The number of primary amides is 2. The second kappa shape index (κ2) is 7.51. The second-order valence-corrected chi connectivity index (χ2v) is 4.84. The first-order chi connectivity index (χ1) is 11.3. The van der Waals surface area contributed by atoms with Gasteiger partial charge in [0.05, 0.1) is 25.4 Å². The van der Waals surface area contributed by atoms with Crippen LogP contribution >= 0.6 is 0 Å². The highest BCUT2D eigenvalue weighted by Gasteiger charge is 2.78. The number of alkyl halides is 6. The molecule has 4 N–H and O–H groups in total. The van der Waals surface area contributed by atoms with Crippen LogP contribution in [0, 0.1) is 0 Å². The van der Waals surface area contributed by atoms with Gasteiger partial charge in [0.1, 0.15) is 0 Å². The molecule has 0 saturated carbocycles. The lowest BCUT2D eigenvalue weighted by Gasteiger charge is -2.31. The minimum absolute atomic E-state index is 0.571. The summed E-state index contributed by atoms with van der Waals surface area (Å²) in [6.07, 6.45) is -19.1. The standard InChI is InChI=1S/C11H14F6N2O6/c12-10(13,14)9(11(15,16)17)24-5(1-3-22-7(18)20)6(25-9)2-4-23-8(19)21/h5-6H,1-4H2,(H2,18,20)(H2,19,21). The molecule has 1 saturated heterocycles. The molecule has 0 bridgehead atoms. The number of amides is 2. The van der Waals surface area contributed by atoms with E-state index in [1.807, 2.05) is 0 Å². The highest BCUT2D eigenvalue weighted by atomic mass is 19.4. The minimum atomic E-state index is -5.94. The van der Waals surface area contributed by atoms with Crippen molar-refractivity contribution >= 4 is 12.2 Å². The molecule has 1 aliphatic rings. The third-order valence-electron chi connectivity index (χ3n) is 3.09. The molecule has 2 atom stereocenters. The van der Waals surface area contributed by atoms with Crippen LogP contribution in [-0.2, 0) is 18.9 Å². The summed E-state index contributed by atoms with van der Waals surface area (Å²) >= 11 is 0. The van der Waals surface area contributed by atoms with E-state index in [1.54, 1.807) is 0 Å². The van der Waals surface area contributed by atoms with E-state index in [-0.39, 0.29) is 0 Å². The molecule has 1 fully saturated rings. The van der Waals surface area contributed by atoms with E-state index in [2.05, 4.69) is 30.4 Å². The van der Waals surface area contributed by atoms with Crippen molar-refractivity contribution in [3.63, 3.8) is 0 Å². The molecule has 8 nitrogen and oxygen atoms in total. The fraction of sp³-hybridized carbons (Fsp3) is 0.818. The maximum absolute atomic E-state index is 13.0. The van der Waals surface area contributed by atoms with Gasteiger partial charge in [0.15, 0.2) is 0 Å². The first kappa shape index (κ1) is 21.1. The van der Waals surface area contributed by atoms with Crippen molar-refractivity contribution in [2.45, 2.75) is 43.2 Å². The van der Waals surface area contributed by atoms with Gasteiger partial charge < -0.3 is 30.4 Å². The molecular weight excluding hydrogens is 370 g/mol. The topological polar surface area (TPSA) is 123 Å². The Morgan fingerprint density at radius 2 is 1.16 bits per heavy atom. The summed E-state index contributed by atoms with van der Waals surface area (Å²) in [5.74, 6) is -4.85. The van der Waals surface area contributed by atoms with Crippen LogP contribution in [0.1, 0.15) is 12.8 Å². The largest absolute Gasteiger partial charge is 0.453 e. The van der Waals surface area contributed by atoms with Gasteiger partial charge in [0.25, 0.3) is 0 Å². The SMILES string of the molecule is NC(=O)OCCC1OC(C(F)(F)F)(C(F)(F)F)OC1CCOC(N)=O. The number of ether oxygens (including phenoxy) is 4. The minimum Gasteiger partial charge on any atom is -0.450 e. The number of carbonyl (C=O) groups is 2. The van der Waals surface area contributed by atoms with E-state index in [4.69, 9.17) is 0 Å². The van der Waals surface area contributed by atoms with Gasteiger partial charge in [-0.1, -0.05) is 0 Å². The van der Waals surface area contributed by atoms with E-state index in [9.17, 15) is 35.9 Å². The molecule has 2 amide bonds. The predicted octanol–water partition coefficient (Wildman–Crippen LogP) is 1.56. The van der Waals surface area contributed by atoms with E-state index >= 15 is 0 Å². The molecule has 14 heteroatoms. The summed E-state index contributed by atoms with van der Waals surface area (Å²) in [4.78, 5) is 20.9. The van der Waals surface area contributed by atoms with Crippen molar-refractivity contribution in [1.29, 1.82) is 0 Å². The van der Waals surface area contributed by atoms with Crippen LogP contribution in [0.25, 0.3) is 0 Å². The fourth-order valence-corrected chi connectivity index (χ4v) is 2.07. The zero-order valence-corrected chi connectivity index (χ0v) is 12.4. The molecule has 2 unspecified atom stereocenters. The second-order valence-electron chi connectivity index (χ2n) is 4.84. The molecule has 1 heterocycles. The van der Waals surface area contributed by atoms with Crippen LogP contribution in [0.3, 0.4) is 0 Å². The summed E-state index contributed by atoms with van der Waals surface area (Å²) < 4.78 is 94.7. The quantitative estimate of drug-likeness (QED) is 0.670. The summed E-state index contributed by atoms with van der Waals surface area (Å²) in [7, 11) is 0. The Morgan fingerprint density at radius 1 is 0.840 bits per heavy atom. The van der Waals surface area contributed by atoms with Gasteiger partial charge in [-0.25, -0.2) is 9.59 Å². The molecule has 0 aliphatic carbocycles. The molecule has 1 aliphatic heterocycles. The summed E-state index contributed by atoms with van der Waals surface area (Å²) in [6.45, 7) is -1.22. The maximum Gasteiger partial charge on any atom is 0.453 e. The Balaban J connectivity index is 2.96. The Hall–Kier alpha value is -1.96. The lowest BCUT2D eigenvalue weighted by molar-refractivity contribution is -0.446. The molecular formula is C11H14F6N2O6. The van der Waals surface area contributed by atoms with Gasteiger partial charge in [-0.3, -0.25) is 0 Å². The van der Waals surface area contributed by atoms with Gasteiger partial charge in [0, 0.05) is 12.8 Å². The highest BCUT2D eigenvalue weighted by Crippen LogP contribution is 2.52. The first-order valence-corrected chi connectivity index (χ1v) is 6.63. The molecule has 0 aromatic heterocycles. The fourth-order valence-electron chi connectivity index (χ4n) is 2.07. The molecule has 0 spiro atoms. The van der Waals surface area contributed by atoms with Gasteiger partial charge in [-0.15, -0.1) is 0 Å². The van der Waals surface area contributed by atoms with Crippen LogP contribution in [0.2, 0.25) is 0 Å². The molecule has 146 valence electrons. The number of hydrogen-bond acceptors (Lipinski definition) is 6. The Labute approximate surface area is 136 Å². The molecule has 0 radical (unpaired) electrons. The van der Waals surface area contributed by atoms with Gasteiger partial charge in [0.2, 0.25) is 0 Å². The normalized spacial score (nSPS) is 23.3. The van der Waals surface area contributed by atoms with Crippen molar-refractivity contribution in [3.8, 4) is 0 Å². The van der Waals surface area contributed by atoms with Crippen LogP contribution in [0.4, 0.5) is 35.9 Å². The van der Waals surface area contributed by atoms with Crippen molar-refractivity contribution < 1.29 is 54.9 Å². The monoisotopic (exact) mass is 384 g/mol. The number of nitrogens with two attached hydrogens (primary N) is 2. The number of rotatable bonds is 6. The van der Waals surface area contributed by atoms with E-state index in [0.29, 0.717) is 0 Å². The molecule has 0 aromatic rings. The van der Waals surface area contributed by atoms with Crippen molar-refractivity contribution in [3.05, 3.63) is 0 Å². The number of carbonyl (C=O) groups excluding carboxylic acids is 2. The zero-order valence-electron chi connectivity index (χ0n) is 12.4. The summed E-state index contributed by atoms with van der Waals surface area (Å²) in [6, 6.07) is 0. The predicted molar refractivity (Wildman–Crippen MR) is 64.9 cm³/mol. The third kappa shape index (κ3) is 5.01. The highest BCUT2D eigenvalue weighted by molar-refractivity contribution is 5.64. The first-order valence-electron chi connectivity index (χ1n) is 6.63. The number of halogens is 6. The smallest absolute Gasteiger partial charge is 0.450 e. The zero-order chi connectivity index (χ0) is 19.5. The molecule has 0 aromatic carbocycles. The number of hydrogen-bond donors (Lipinski definition) is 2. The van der Waals surface area contributed by atoms with Gasteiger partial charge >= 0.3 is 30.3 Å². The van der Waals surface area contributed by atoms with Crippen LogP contribution < -0.4 is 11.5 Å². The van der Waals surface area contributed by atoms with Crippen LogP contribution in [0.15, 0.2) is 0 Å². The molecule has 25 heavy (non-hydrogen) atoms. The average Bonchev–Trinajstić information content (AvgIpc) is 2.77. The van der Waals surface area contributed by atoms with Gasteiger partial charge in [-0.05, 0) is 0 Å². The Kier molecular flexibility index (Phi) is 6.33. The van der Waals surface area contributed by atoms with E-state index in [0.717, 1.165) is 0 Å². The average molecular weight is 384 g/mol. The van der Waals surface area contributed by atoms with Crippen molar-refractivity contribution in [1.82, 2.24) is 0 Å². The lowest BCUT2D eigenvalue weighted by atomic mass is 10.1. The van der Waals surface area contributed by atoms with Crippen LogP contribution in [0.5, 0.6) is 0 Å². The Morgan fingerprint density at radius 3 is 1.40 bits per heavy atom. The van der Waals surface area contributed by atoms with Crippen molar-refractivity contribution in [2.75, 3.05) is 13.2 Å². The maximum atomic E-state index is 13.0. The van der Waals surface area contributed by atoms with E-state index in [1.165, 1.54) is 0 Å². The third-order valence-corrected chi connectivity index (χ3v) is 3.09. The van der Waals surface area contributed by atoms with Crippen LogP contribution in [-0.4, -0.2) is 55.7 Å².